The highest BCUT2D eigenvalue weighted by Crippen LogP contribution is 2.61. The fraction of sp³-hybridized carbons (Fsp3) is 0.929. The number of nitriles is 1. The normalized spacial score (nSPS) is 49.9. The predicted molar refractivity (Wildman–Crippen MR) is 65.2 cm³/mol. The molecule has 0 aromatic rings. The summed E-state index contributed by atoms with van der Waals surface area (Å²) in [6.07, 6.45) is 7.13. The molecule has 0 aromatic heterocycles. The van der Waals surface area contributed by atoms with Crippen LogP contribution in [0.4, 0.5) is 0 Å². The topological polar surface area (TPSA) is 56.0 Å². The highest BCUT2D eigenvalue weighted by molar-refractivity contribution is 5.20. The maximum Gasteiger partial charge on any atom is 0.0891 e. The lowest BCUT2D eigenvalue weighted by molar-refractivity contribution is -0.0900. The molecule has 2 aliphatic carbocycles. The fourth-order valence-electron chi connectivity index (χ4n) is 4.64. The van der Waals surface area contributed by atoms with Crippen LogP contribution in [0.2, 0.25) is 0 Å². The summed E-state index contributed by atoms with van der Waals surface area (Å²) >= 11 is 0. The summed E-state index contributed by atoms with van der Waals surface area (Å²) in [7, 11) is 0. The third kappa shape index (κ3) is 1.54. The maximum atomic E-state index is 11.1. The Bertz CT molecular complexity index is 341. The quantitative estimate of drug-likeness (QED) is 0.727. The van der Waals surface area contributed by atoms with Gasteiger partial charge < -0.3 is 10.4 Å². The molecule has 3 aliphatic rings. The van der Waals surface area contributed by atoms with E-state index in [0.29, 0.717) is 11.8 Å². The Morgan fingerprint density at radius 1 is 1.24 bits per heavy atom. The minimum absolute atomic E-state index is 0.429. The largest absolute Gasteiger partial charge is 0.388 e. The van der Waals surface area contributed by atoms with Gasteiger partial charge in [0.2, 0.25) is 0 Å². The molecule has 3 fully saturated rings. The van der Waals surface area contributed by atoms with Crippen LogP contribution in [-0.4, -0.2) is 23.8 Å². The van der Waals surface area contributed by atoms with Crippen molar-refractivity contribution in [3.63, 3.8) is 0 Å². The molecule has 3 heteroatoms. The molecule has 0 radical (unpaired) electrons. The second-order valence-corrected chi connectivity index (χ2v) is 6.30. The predicted octanol–water partition coefficient (Wildman–Crippen LogP) is 1.82. The summed E-state index contributed by atoms with van der Waals surface area (Å²) in [5.41, 5.74) is -1.16. The Morgan fingerprint density at radius 2 is 2.12 bits per heavy atom. The van der Waals surface area contributed by atoms with Crippen molar-refractivity contribution in [3.8, 4) is 6.07 Å². The molecule has 4 unspecified atom stereocenters. The first-order valence-corrected chi connectivity index (χ1v) is 7.04. The molecule has 94 valence electrons. The van der Waals surface area contributed by atoms with Crippen molar-refractivity contribution in [2.24, 2.45) is 17.3 Å². The van der Waals surface area contributed by atoms with Gasteiger partial charge in [-0.1, -0.05) is 6.42 Å². The van der Waals surface area contributed by atoms with E-state index in [1.165, 1.54) is 12.8 Å². The van der Waals surface area contributed by atoms with Gasteiger partial charge in [0.1, 0.15) is 0 Å². The first kappa shape index (κ1) is 11.5. The van der Waals surface area contributed by atoms with Crippen LogP contribution >= 0.6 is 0 Å². The van der Waals surface area contributed by atoms with Crippen LogP contribution in [0.5, 0.6) is 0 Å². The van der Waals surface area contributed by atoms with Crippen molar-refractivity contribution >= 4 is 0 Å². The first-order valence-electron chi connectivity index (χ1n) is 7.04. The van der Waals surface area contributed by atoms with E-state index >= 15 is 0 Å². The minimum atomic E-state index is -0.731. The standard InChI is InChI=1S/C14H22N2O/c15-10-13(9-11-2-3-12(13)8-11)14(17)4-1-6-16-7-5-14/h11-12,16-17H,1-9H2. The highest BCUT2D eigenvalue weighted by Gasteiger charge is 2.61. The Hall–Kier alpha value is -0.590. The molecule has 0 amide bonds. The molecule has 2 saturated carbocycles. The molecular formula is C14H22N2O. The molecule has 1 aliphatic heterocycles. The monoisotopic (exact) mass is 234 g/mol. The second kappa shape index (κ2) is 3.96. The Labute approximate surface area is 103 Å². The molecule has 2 N–H and O–H groups in total. The van der Waals surface area contributed by atoms with Crippen LogP contribution in [0.15, 0.2) is 0 Å². The van der Waals surface area contributed by atoms with Crippen LogP contribution < -0.4 is 5.32 Å². The third-order valence-electron chi connectivity index (χ3n) is 5.54. The van der Waals surface area contributed by atoms with Gasteiger partial charge in [-0.15, -0.1) is 0 Å². The number of nitrogens with one attached hydrogen (secondary N) is 1. The van der Waals surface area contributed by atoms with E-state index in [1.54, 1.807) is 0 Å². The Kier molecular flexibility index (Phi) is 2.68. The lowest BCUT2D eigenvalue weighted by atomic mass is 9.61. The van der Waals surface area contributed by atoms with Gasteiger partial charge in [-0.2, -0.15) is 5.26 Å². The fourth-order valence-corrected chi connectivity index (χ4v) is 4.64. The van der Waals surface area contributed by atoms with E-state index in [-0.39, 0.29) is 0 Å². The molecule has 4 atom stereocenters. The number of nitrogens with zero attached hydrogens (tertiary/aromatic N) is 1. The van der Waals surface area contributed by atoms with Crippen LogP contribution in [0, 0.1) is 28.6 Å². The molecule has 0 aromatic carbocycles. The second-order valence-electron chi connectivity index (χ2n) is 6.30. The minimum Gasteiger partial charge on any atom is -0.388 e. The molecule has 2 bridgehead atoms. The summed E-state index contributed by atoms with van der Waals surface area (Å²) in [4.78, 5) is 0. The van der Waals surface area contributed by atoms with Gasteiger partial charge in [0.25, 0.3) is 0 Å². The molecular weight excluding hydrogens is 212 g/mol. The van der Waals surface area contributed by atoms with Gasteiger partial charge in [0.05, 0.1) is 17.1 Å². The number of fused-ring (bicyclic) bond motifs is 2. The van der Waals surface area contributed by atoms with Crippen LogP contribution in [0.25, 0.3) is 0 Å². The molecule has 3 nitrogen and oxygen atoms in total. The number of aliphatic hydroxyl groups is 1. The summed E-state index contributed by atoms with van der Waals surface area (Å²) in [5, 5.41) is 24.1. The summed E-state index contributed by atoms with van der Waals surface area (Å²) < 4.78 is 0. The van der Waals surface area contributed by atoms with Gasteiger partial charge in [-0.25, -0.2) is 0 Å². The van der Waals surface area contributed by atoms with Crippen LogP contribution in [0.1, 0.15) is 44.9 Å². The van der Waals surface area contributed by atoms with Gasteiger partial charge in [-0.3, -0.25) is 0 Å². The van der Waals surface area contributed by atoms with Gasteiger partial charge in [-0.05, 0) is 63.5 Å². The van der Waals surface area contributed by atoms with Crippen molar-refractivity contribution in [2.45, 2.75) is 50.5 Å². The van der Waals surface area contributed by atoms with Crippen molar-refractivity contribution in [1.82, 2.24) is 5.32 Å². The summed E-state index contributed by atoms with van der Waals surface area (Å²) in [6.45, 7) is 1.84. The van der Waals surface area contributed by atoms with E-state index in [2.05, 4.69) is 11.4 Å². The third-order valence-corrected chi connectivity index (χ3v) is 5.54. The summed E-state index contributed by atoms with van der Waals surface area (Å²) in [6, 6.07) is 2.57. The van der Waals surface area contributed by atoms with E-state index < -0.39 is 11.0 Å². The molecule has 1 saturated heterocycles. The zero-order chi connectivity index (χ0) is 11.9. The lowest BCUT2D eigenvalue weighted by Crippen LogP contribution is -2.51. The summed E-state index contributed by atoms with van der Waals surface area (Å²) in [5.74, 6) is 1.17. The van der Waals surface area contributed by atoms with Gasteiger partial charge >= 0.3 is 0 Å². The molecule has 0 spiro atoms. The maximum absolute atomic E-state index is 11.1. The molecule has 17 heavy (non-hydrogen) atoms. The van der Waals surface area contributed by atoms with E-state index in [1.807, 2.05) is 0 Å². The van der Waals surface area contributed by atoms with E-state index in [4.69, 9.17) is 0 Å². The smallest absolute Gasteiger partial charge is 0.0891 e. The Balaban J connectivity index is 1.92. The van der Waals surface area contributed by atoms with Gasteiger partial charge in [0, 0.05) is 0 Å². The average Bonchev–Trinajstić information content (AvgIpc) is 2.87. The lowest BCUT2D eigenvalue weighted by Gasteiger charge is -2.45. The average molecular weight is 234 g/mol. The first-order chi connectivity index (χ1) is 8.20. The van der Waals surface area contributed by atoms with Crippen molar-refractivity contribution < 1.29 is 5.11 Å². The van der Waals surface area contributed by atoms with Crippen molar-refractivity contribution in [2.75, 3.05) is 13.1 Å². The SMILES string of the molecule is N#CC1(C2(O)CCCNCC2)CC2CCC1C2. The van der Waals surface area contributed by atoms with Crippen molar-refractivity contribution in [1.29, 1.82) is 5.26 Å². The highest BCUT2D eigenvalue weighted by atomic mass is 16.3. The van der Waals surface area contributed by atoms with Crippen LogP contribution in [0.3, 0.4) is 0 Å². The van der Waals surface area contributed by atoms with Crippen LogP contribution in [-0.2, 0) is 0 Å². The number of rotatable bonds is 1. The van der Waals surface area contributed by atoms with Gasteiger partial charge in [0.15, 0.2) is 0 Å². The zero-order valence-corrected chi connectivity index (χ0v) is 10.4. The number of hydrogen-bond acceptors (Lipinski definition) is 3. The number of hydrogen-bond donors (Lipinski definition) is 2. The molecule has 1 heterocycles. The Morgan fingerprint density at radius 3 is 2.76 bits per heavy atom. The molecule has 3 rings (SSSR count). The van der Waals surface area contributed by atoms with E-state index in [9.17, 15) is 10.4 Å². The van der Waals surface area contributed by atoms with E-state index in [0.717, 1.165) is 45.2 Å². The zero-order valence-electron chi connectivity index (χ0n) is 10.4. The van der Waals surface area contributed by atoms with Crippen molar-refractivity contribution in [3.05, 3.63) is 0 Å².